The summed E-state index contributed by atoms with van der Waals surface area (Å²) >= 11 is 0. The van der Waals surface area contributed by atoms with Crippen LogP contribution in [0.4, 0.5) is 0 Å². The van der Waals surface area contributed by atoms with E-state index in [1.807, 2.05) is 0 Å². The molecule has 98 valence electrons. The fraction of sp³-hybridized carbons (Fsp3) is 0.929. The minimum Gasteiger partial charge on any atom is -0.300 e. The molecule has 0 radical (unpaired) electrons. The fourth-order valence-electron chi connectivity index (χ4n) is 3.32. The molecular formula is C14H26N2O. The maximum atomic E-state index is 11.1. The number of hydrogen-bond donors (Lipinski definition) is 0. The number of carbonyl (C=O) groups is 1. The van der Waals surface area contributed by atoms with Crippen LogP contribution in [0, 0.1) is 5.41 Å². The van der Waals surface area contributed by atoms with Crippen molar-refractivity contribution in [1.82, 2.24) is 9.80 Å². The van der Waals surface area contributed by atoms with Gasteiger partial charge in [-0.05, 0) is 65.1 Å². The first kappa shape index (κ1) is 13.0. The topological polar surface area (TPSA) is 23.6 Å². The second-order valence-corrected chi connectivity index (χ2v) is 6.29. The normalized spacial score (nSPS) is 25.9. The monoisotopic (exact) mass is 238 g/mol. The third-order valence-corrected chi connectivity index (χ3v) is 4.56. The molecule has 0 saturated carbocycles. The number of Topliss-reactive ketones (excluding diaryl/α,β-unsaturated/α-hetero) is 1. The van der Waals surface area contributed by atoms with E-state index in [0.29, 0.717) is 23.8 Å². The van der Waals surface area contributed by atoms with Gasteiger partial charge in [0.2, 0.25) is 0 Å². The first-order valence-electron chi connectivity index (χ1n) is 6.97. The van der Waals surface area contributed by atoms with Crippen molar-refractivity contribution in [3.8, 4) is 0 Å². The summed E-state index contributed by atoms with van der Waals surface area (Å²) in [6.45, 7) is 11.7. The first-order valence-corrected chi connectivity index (χ1v) is 6.97. The third-order valence-electron chi connectivity index (χ3n) is 4.56. The minimum atomic E-state index is 0.302. The SMILES string of the molecule is CC(=O)CN1CCC2(CC1)CCN(C(C)C)C2. The predicted octanol–water partition coefficient (Wildman–Crippen LogP) is 1.77. The fourth-order valence-corrected chi connectivity index (χ4v) is 3.32. The molecule has 2 aliphatic heterocycles. The summed E-state index contributed by atoms with van der Waals surface area (Å²) in [5.41, 5.74) is 0.567. The van der Waals surface area contributed by atoms with E-state index < -0.39 is 0 Å². The van der Waals surface area contributed by atoms with Gasteiger partial charge in [-0.1, -0.05) is 0 Å². The number of likely N-dealkylation sites (tertiary alicyclic amines) is 2. The Morgan fingerprint density at radius 1 is 1.18 bits per heavy atom. The highest BCUT2D eigenvalue weighted by molar-refractivity contribution is 5.77. The second-order valence-electron chi connectivity index (χ2n) is 6.29. The number of nitrogens with zero attached hydrogens (tertiary/aromatic N) is 2. The van der Waals surface area contributed by atoms with Crippen molar-refractivity contribution in [3.05, 3.63) is 0 Å². The molecule has 0 bridgehead atoms. The van der Waals surface area contributed by atoms with E-state index in [1.54, 1.807) is 6.92 Å². The van der Waals surface area contributed by atoms with Crippen LogP contribution >= 0.6 is 0 Å². The molecular weight excluding hydrogens is 212 g/mol. The zero-order valence-corrected chi connectivity index (χ0v) is 11.5. The second kappa shape index (κ2) is 5.07. The summed E-state index contributed by atoms with van der Waals surface area (Å²) in [4.78, 5) is 16.1. The molecule has 0 atom stereocenters. The lowest BCUT2D eigenvalue weighted by molar-refractivity contribution is -0.118. The molecule has 1 spiro atoms. The number of rotatable bonds is 3. The third kappa shape index (κ3) is 3.08. The van der Waals surface area contributed by atoms with Crippen LogP contribution in [0.15, 0.2) is 0 Å². The molecule has 2 heterocycles. The molecule has 2 saturated heterocycles. The lowest BCUT2D eigenvalue weighted by atomic mass is 9.77. The van der Waals surface area contributed by atoms with Crippen LogP contribution in [0.1, 0.15) is 40.0 Å². The number of carbonyl (C=O) groups excluding carboxylic acids is 1. The van der Waals surface area contributed by atoms with Crippen LogP contribution in [-0.2, 0) is 4.79 Å². The van der Waals surface area contributed by atoms with Gasteiger partial charge in [0, 0.05) is 12.6 Å². The summed E-state index contributed by atoms with van der Waals surface area (Å²) < 4.78 is 0. The van der Waals surface area contributed by atoms with E-state index in [2.05, 4.69) is 23.6 Å². The van der Waals surface area contributed by atoms with E-state index in [4.69, 9.17) is 0 Å². The molecule has 2 rings (SSSR count). The Bertz CT molecular complexity index is 280. The molecule has 17 heavy (non-hydrogen) atoms. The maximum absolute atomic E-state index is 11.1. The van der Waals surface area contributed by atoms with Gasteiger partial charge in [0.25, 0.3) is 0 Å². The molecule has 0 aromatic rings. The Hall–Kier alpha value is -0.410. The van der Waals surface area contributed by atoms with Gasteiger partial charge in [0.05, 0.1) is 6.54 Å². The van der Waals surface area contributed by atoms with Gasteiger partial charge in [-0.25, -0.2) is 0 Å². The van der Waals surface area contributed by atoms with E-state index in [0.717, 1.165) is 13.1 Å². The van der Waals surface area contributed by atoms with E-state index in [1.165, 1.54) is 32.4 Å². The summed E-state index contributed by atoms with van der Waals surface area (Å²) in [7, 11) is 0. The minimum absolute atomic E-state index is 0.302. The Labute approximate surface area is 105 Å². The highest BCUT2D eigenvalue weighted by atomic mass is 16.1. The largest absolute Gasteiger partial charge is 0.300 e. The Kier molecular flexibility index (Phi) is 3.88. The number of piperidine rings is 1. The molecule has 3 nitrogen and oxygen atoms in total. The molecule has 0 N–H and O–H groups in total. The van der Waals surface area contributed by atoms with Crippen molar-refractivity contribution in [2.45, 2.75) is 46.1 Å². The molecule has 0 unspecified atom stereocenters. The van der Waals surface area contributed by atoms with Crippen molar-refractivity contribution in [2.75, 3.05) is 32.7 Å². The van der Waals surface area contributed by atoms with E-state index in [-0.39, 0.29) is 0 Å². The smallest absolute Gasteiger partial charge is 0.143 e. The Morgan fingerprint density at radius 2 is 1.76 bits per heavy atom. The Balaban J connectivity index is 1.84. The summed E-state index contributed by atoms with van der Waals surface area (Å²) in [6.07, 6.45) is 3.92. The van der Waals surface area contributed by atoms with E-state index >= 15 is 0 Å². The van der Waals surface area contributed by atoms with Gasteiger partial charge >= 0.3 is 0 Å². The average Bonchev–Trinajstić information content (AvgIpc) is 2.66. The van der Waals surface area contributed by atoms with Crippen LogP contribution in [0.25, 0.3) is 0 Å². The van der Waals surface area contributed by atoms with Gasteiger partial charge < -0.3 is 4.90 Å². The quantitative estimate of drug-likeness (QED) is 0.748. The Morgan fingerprint density at radius 3 is 2.24 bits per heavy atom. The van der Waals surface area contributed by atoms with Gasteiger partial charge in [0.15, 0.2) is 0 Å². The maximum Gasteiger partial charge on any atom is 0.143 e. The lowest BCUT2D eigenvalue weighted by Crippen LogP contribution is -2.43. The van der Waals surface area contributed by atoms with Crippen LogP contribution in [0.2, 0.25) is 0 Å². The molecule has 2 fully saturated rings. The molecule has 2 aliphatic rings. The molecule has 0 aromatic heterocycles. The van der Waals surface area contributed by atoms with Crippen molar-refractivity contribution in [2.24, 2.45) is 5.41 Å². The van der Waals surface area contributed by atoms with Crippen LogP contribution in [0.3, 0.4) is 0 Å². The zero-order chi connectivity index (χ0) is 12.5. The van der Waals surface area contributed by atoms with Crippen LogP contribution in [0.5, 0.6) is 0 Å². The molecule has 3 heteroatoms. The van der Waals surface area contributed by atoms with Crippen molar-refractivity contribution < 1.29 is 4.79 Å². The highest BCUT2D eigenvalue weighted by Gasteiger charge is 2.40. The lowest BCUT2D eigenvalue weighted by Gasteiger charge is -2.39. The van der Waals surface area contributed by atoms with Crippen molar-refractivity contribution in [3.63, 3.8) is 0 Å². The standard InChI is InChI=1S/C14H26N2O/c1-12(2)16-9-6-14(11-16)4-7-15(8-5-14)10-13(3)17/h12H,4-11H2,1-3H3. The van der Waals surface area contributed by atoms with Gasteiger partial charge in [-0.2, -0.15) is 0 Å². The van der Waals surface area contributed by atoms with Crippen molar-refractivity contribution >= 4 is 5.78 Å². The molecule has 0 aromatic carbocycles. The van der Waals surface area contributed by atoms with E-state index in [9.17, 15) is 4.79 Å². The zero-order valence-electron chi connectivity index (χ0n) is 11.5. The molecule has 0 aliphatic carbocycles. The summed E-state index contributed by atoms with van der Waals surface area (Å²) in [5.74, 6) is 0.302. The summed E-state index contributed by atoms with van der Waals surface area (Å²) in [6, 6.07) is 0.685. The van der Waals surface area contributed by atoms with Crippen molar-refractivity contribution in [1.29, 1.82) is 0 Å². The predicted molar refractivity (Wildman–Crippen MR) is 70.1 cm³/mol. The number of hydrogen-bond acceptors (Lipinski definition) is 3. The van der Waals surface area contributed by atoms with Gasteiger partial charge in [0.1, 0.15) is 5.78 Å². The molecule has 0 amide bonds. The highest BCUT2D eigenvalue weighted by Crippen LogP contribution is 2.40. The van der Waals surface area contributed by atoms with Gasteiger partial charge in [-0.15, -0.1) is 0 Å². The van der Waals surface area contributed by atoms with Gasteiger partial charge in [-0.3, -0.25) is 9.69 Å². The average molecular weight is 238 g/mol. The van der Waals surface area contributed by atoms with Crippen LogP contribution in [-0.4, -0.2) is 54.3 Å². The van der Waals surface area contributed by atoms with Crippen LogP contribution < -0.4 is 0 Å². The number of ketones is 1. The summed E-state index contributed by atoms with van der Waals surface area (Å²) in [5, 5.41) is 0. The first-order chi connectivity index (χ1) is 8.01.